The molecule has 0 amide bonds. The second kappa shape index (κ2) is 7.34. The number of amidine groups is 1. The zero-order chi connectivity index (χ0) is 14.4. The second-order valence-corrected chi connectivity index (χ2v) is 5.33. The predicted octanol–water partition coefficient (Wildman–Crippen LogP) is 2.83. The van der Waals surface area contributed by atoms with Crippen molar-refractivity contribution < 1.29 is 0 Å². The number of nitrogens with zero attached hydrogens (tertiary/aromatic N) is 3. The summed E-state index contributed by atoms with van der Waals surface area (Å²) in [7, 11) is 2.01. The lowest BCUT2D eigenvalue weighted by molar-refractivity contribution is 0.214. The normalized spacial score (nSPS) is 29.1. The molecule has 0 saturated carbocycles. The third-order valence-corrected chi connectivity index (χ3v) is 3.53. The number of halogens is 1. The van der Waals surface area contributed by atoms with E-state index in [4.69, 9.17) is 11.6 Å². The molecule has 0 aliphatic carbocycles. The summed E-state index contributed by atoms with van der Waals surface area (Å²) >= 11 is 6.00. The molecule has 4 atom stereocenters. The Labute approximate surface area is 121 Å². The maximum atomic E-state index is 6.00. The lowest BCUT2D eigenvalue weighted by Crippen LogP contribution is -2.49. The molecule has 0 aromatic heterocycles. The van der Waals surface area contributed by atoms with Crippen molar-refractivity contribution in [3.63, 3.8) is 0 Å². The first-order valence-electron chi connectivity index (χ1n) is 6.50. The molecule has 1 aliphatic heterocycles. The second-order valence-electron chi connectivity index (χ2n) is 4.97. The highest BCUT2D eigenvalue weighted by molar-refractivity contribution is 6.64. The van der Waals surface area contributed by atoms with Crippen LogP contribution in [0.4, 0.5) is 0 Å². The lowest BCUT2D eigenvalue weighted by atomic mass is 9.98. The van der Waals surface area contributed by atoms with Crippen molar-refractivity contribution in [1.82, 2.24) is 10.2 Å². The highest BCUT2D eigenvalue weighted by Crippen LogP contribution is 2.20. The molecule has 0 saturated heterocycles. The summed E-state index contributed by atoms with van der Waals surface area (Å²) in [5.41, 5.74) is 0. The average molecular weight is 283 g/mol. The largest absolute Gasteiger partial charge is 0.359 e. The van der Waals surface area contributed by atoms with Crippen LogP contribution in [0, 0.1) is 11.8 Å². The Bertz CT molecular complexity index is 389. The van der Waals surface area contributed by atoms with Crippen molar-refractivity contribution in [2.75, 3.05) is 7.05 Å². The van der Waals surface area contributed by atoms with E-state index < -0.39 is 0 Å². The Hall–Kier alpha value is -1.29. The summed E-state index contributed by atoms with van der Waals surface area (Å²) in [6, 6.07) is 0.311. The monoisotopic (exact) mass is 282 g/mol. The van der Waals surface area contributed by atoms with Gasteiger partial charge in [0.1, 0.15) is 6.17 Å². The molecule has 1 N–H and O–H groups in total. The van der Waals surface area contributed by atoms with Crippen LogP contribution in [0.1, 0.15) is 20.8 Å². The average Bonchev–Trinajstić information content (AvgIpc) is 2.37. The molecule has 0 spiro atoms. The van der Waals surface area contributed by atoms with Crippen molar-refractivity contribution >= 4 is 23.1 Å². The van der Waals surface area contributed by atoms with E-state index in [0.29, 0.717) is 17.3 Å². The van der Waals surface area contributed by atoms with Gasteiger partial charge in [0.2, 0.25) is 0 Å². The molecule has 106 valence electrons. The number of aliphatic imine (C=N–C) groups is 2. The van der Waals surface area contributed by atoms with Crippen molar-refractivity contribution in [3.8, 4) is 0 Å². The first kappa shape index (κ1) is 15.8. The number of rotatable bonds is 5. The van der Waals surface area contributed by atoms with Gasteiger partial charge in [0.15, 0.2) is 5.29 Å². The number of nitrogens with one attached hydrogen (secondary N) is 1. The lowest BCUT2D eigenvalue weighted by Gasteiger charge is -2.36. The third kappa shape index (κ3) is 4.71. The molecule has 1 aliphatic rings. The summed E-state index contributed by atoms with van der Waals surface area (Å²) in [6.07, 6.45) is 7.56. The van der Waals surface area contributed by atoms with Gasteiger partial charge in [-0.05, 0) is 24.7 Å². The molecule has 19 heavy (non-hydrogen) atoms. The van der Waals surface area contributed by atoms with Gasteiger partial charge in [0, 0.05) is 37.3 Å². The minimum atomic E-state index is 0.0588. The molecule has 1 rings (SSSR count). The number of hydrogen-bond acceptors (Lipinski definition) is 4. The Morgan fingerprint density at radius 2 is 2.21 bits per heavy atom. The number of hydrogen-bond donors (Lipinski definition) is 1. The van der Waals surface area contributed by atoms with Gasteiger partial charge in [-0.3, -0.25) is 4.99 Å². The Kier molecular flexibility index (Phi) is 6.09. The first-order valence-corrected chi connectivity index (χ1v) is 6.87. The molecule has 1 heterocycles. The summed E-state index contributed by atoms with van der Waals surface area (Å²) < 4.78 is 0. The van der Waals surface area contributed by atoms with Crippen LogP contribution in [-0.2, 0) is 0 Å². The number of allylic oxidation sites excluding steroid dienone is 1. The van der Waals surface area contributed by atoms with E-state index in [-0.39, 0.29) is 12.1 Å². The molecule has 0 radical (unpaired) electrons. The van der Waals surface area contributed by atoms with E-state index in [0.717, 1.165) is 0 Å². The summed E-state index contributed by atoms with van der Waals surface area (Å²) in [5.74, 6) is 0.642. The van der Waals surface area contributed by atoms with Crippen molar-refractivity contribution in [2.45, 2.75) is 33.0 Å². The Balaban J connectivity index is 2.68. The van der Waals surface area contributed by atoms with Crippen LogP contribution in [0.15, 0.2) is 35.0 Å². The fourth-order valence-corrected chi connectivity index (χ4v) is 2.19. The highest BCUT2D eigenvalue weighted by Gasteiger charge is 2.29. The van der Waals surface area contributed by atoms with Gasteiger partial charge in [0.05, 0.1) is 0 Å². The van der Waals surface area contributed by atoms with Gasteiger partial charge < -0.3 is 10.2 Å². The fraction of sp³-hybridized carbons (Fsp3) is 0.571. The standard InChI is InChI=1S/C14H23ClN4/c1-6-16-9-10(2)7-8-19(5)13-11(3)12(4)17-14(15)18-13/h6-13H,1H2,2-5H3,(H,17,18)/b8-7+,16-9?/t10-,11?,12?,13?/m1/s1. The maximum Gasteiger partial charge on any atom is 0.193 e. The molecular weight excluding hydrogens is 260 g/mol. The predicted molar refractivity (Wildman–Crippen MR) is 83.6 cm³/mol. The van der Waals surface area contributed by atoms with Gasteiger partial charge in [-0.2, -0.15) is 0 Å². The molecule has 5 heteroatoms. The van der Waals surface area contributed by atoms with E-state index in [9.17, 15) is 0 Å². The topological polar surface area (TPSA) is 40.0 Å². The van der Waals surface area contributed by atoms with E-state index in [1.54, 1.807) is 0 Å². The molecule has 3 unspecified atom stereocenters. The van der Waals surface area contributed by atoms with Crippen molar-refractivity contribution in [2.24, 2.45) is 21.8 Å². The van der Waals surface area contributed by atoms with Crippen molar-refractivity contribution in [1.29, 1.82) is 0 Å². The SMILES string of the molecule is C=CN=C[C@H](C)/C=C/N(C)C1N=C(Cl)NC(C)C1C. The van der Waals surface area contributed by atoms with Crippen molar-refractivity contribution in [3.05, 3.63) is 25.1 Å². The van der Waals surface area contributed by atoms with Crippen LogP contribution in [-0.4, -0.2) is 35.7 Å². The van der Waals surface area contributed by atoms with Crippen LogP contribution in [0.5, 0.6) is 0 Å². The molecule has 0 bridgehead atoms. The molecule has 4 nitrogen and oxygen atoms in total. The van der Waals surface area contributed by atoms with Crippen LogP contribution in [0.25, 0.3) is 0 Å². The molecule has 0 aromatic carbocycles. The highest BCUT2D eigenvalue weighted by atomic mass is 35.5. The van der Waals surface area contributed by atoms with Gasteiger partial charge in [0.25, 0.3) is 0 Å². The molecular formula is C14H23ClN4. The fourth-order valence-electron chi connectivity index (χ4n) is 1.92. The van der Waals surface area contributed by atoms with Gasteiger partial charge >= 0.3 is 0 Å². The van der Waals surface area contributed by atoms with Crippen LogP contribution >= 0.6 is 11.6 Å². The first-order chi connectivity index (χ1) is 8.95. The minimum absolute atomic E-state index is 0.0588. The summed E-state index contributed by atoms with van der Waals surface area (Å²) in [6.45, 7) is 9.91. The third-order valence-electron chi connectivity index (χ3n) is 3.32. The van der Waals surface area contributed by atoms with Crippen LogP contribution in [0.2, 0.25) is 0 Å². The van der Waals surface area contributed by atoms with Gasteiger partial charge in [-0.15, -0.1) is 0 Å². The zero-order valence-corrected chi connectivity index (χ0v) is 12.8. The molecule has 0 fully saturated rings. The van der Waals surface area contributed by atoms with Gasteiger partial charge in [-0.1, -0.05) is 26.5 Å². The Morgan fingerprint density at radius 3 is 2.84 bits per heavy atom. The minimum Gasteiger partial charge on any atom is -0.359 e. The van der Waals surface area contributed by atoms with E-state index in [1.165, 1.54) is 6.20 Å². The van der Waals surface area contributed by atoms with Gasteiger partial charge in [-0.25, -0.2) is 4.99 Å². The smallest absolute Gasteiger partial charge is 0.193 e. The maximum absolute atomic E-state index is 6.00. The summed E-state index contributed by atoms with van der Waals surface area (Å²) in [5, 5.41) is 3.62. The van der Waals surface area contributed by atoms with Crippen LogP contribution in [0.3, 0.4) is 0 Å². The van der Waals surface area contributed by atoms with E-state index in [2.05, 4.69) is 53.6 Å². The van der Waals surface area contributed by atoms with E-state index in [1.807, 2.05) is 19.5 Å². The van der Waals surface area contributed by atoms with E-state index >= 15 is 0 Å². The summed E-state index contributed by atoms with van der Waals surface area (Å²) in [4.78, 5) is 10.5. The quantitative estimate of drug-likeness (QED) is 0.622. The van der Waals surface area contributed by atoms with Crippen LogP contribution < -0.4 is 5.32 Å². The molecule has 0 aromatic rings. The Morgan fingerprint density at radius 1 is 1.53 bits per heavy atom. The zero-order valence-electron chi connectivity index (χ0n) is 12.0.